The molecule has 0 aliphatic rings. The van der Waals surface area contributed by atoms with Gasteiger partial charge in [-0.3, -0.25) is 4.79 Å². The van der Waals surface area contributed by atoms with Crippen LogP contribution in [0.2, 0.25) is 0 Å². The molecule has 0 radical (unpaired) electrons. The van der Waals surface area contributed by atoms with Crippen LogP contribution < -0.4 is 5.56 Å². The van der Waals surface area contributed by atoms with Crippen LogP contribution in [0.15, 0.2) is 9.95 Å². The number of H-pyrrole nitrogens is 1. The Morgan fingerprint density at radius 2 is 1.83 bits per heavy atom. The molecule has 1 aromatic rings. The minimum atomic E-state index is -0.196. The number of hydrogen-bond donors (Lipinski definition) is 2. The molecule has 0 saturated heterocycles. The van der Waals surface area contributed by atoms with Gasteiger partial charge in [-0.05, 0) is 25.9 Å². The van der Waals surface area contributed by atoms with Crippen LogP contribution >= 0.6 is 11.8 Å². The van der Waals surface area contributed by atoms with Crippen LogP contribution in [-0.4, -0.2) is 45.4 Å². The van der Waals surface area contributed by atoms with E-state index in [1.165, 1.54) is 31.0 Å². The Bertz CT molecular complexity index is 501. The highest BCUT2D eigenvalue weighted by Crippen LogP contribution is 2.18. The molecule has 5 nitrogen and oxygen atoms in total. The summed E-state index contributed by atoms with van der Waals surface area (Å²) in [6.45, 7) is 9.43. The van der Waals surface area contributed by atoms with Crippen molar-refractivity contribution in [1.29, 1.82) is 0 Å². The van der Waals surface area contributed by atoms with Gasteiger partial charge in [-0.2, -0.15) is 4.98 Å². The van der Waals surface area contributed by atoms with Crippen molar-refractivity contribution in [2.75, 3.05) is 25.4 Å². The molecule has 132 valence electrons. The van der Waals surface area contributed by atoms with E-state index in [1.54, 1.807) is 0 Å². The van der Waals surface area contributed by atoms with Crippen molar-refractivity contribution in [2.24, 2.45) is 0 Å². The third-order valence-electron chi connectivity index (χ3n) is 4.04. The first-order valence-electron chi connectivity index (χ1n) is 8.79. The van der Waals surface area contributed by atoms with Gasteiger partial charge in [-0.15, -0.1) is 0 Å². The van der Waals surface area contributed by atoms with E-state index in [-0.39, 0.29) is 11.4 Å². The summed E-state index contributed by atoms with van der Waals surface area (Å²) in [5, 5.41) is 10.5. The lowest BCUT2D eigenvalue weighted by Gasteiger charge is -2.17. The third kappa shape index (κ3) is 7.40. The number of aromatic hydroxyl groups is 1. The van der Waals surface area contributed by atoms with Crippen molar-refractivity contribution >= 4 is 11.8 Å². The SMILES string of the molecule is CCCCCCCc1c(O)nc(SCCN(CC)CC)[nH]c1=O. The molecule has 0 aliphatic carbocycles. The average Bonchev–Trinajstić information content (AvgIpc) is 2.53. The van der Waals surface area contributed by atoms with E-state index in [0.29, 0.717) is 17.1 Å². The average molecular weight is 342 g/mol. The monoisotopic (exact) mass is 341 g/mol. The van der Waals surface area contributed by atoms with E-state index < -0.39 is 0 Å². The van der Waals surface area contributed by atoms with Gasteiger partial charge < -0.3 is 15.0 Å². The Hall–Kier alpha value is -1.01. The van der Waals surface area contributed by atoms with Gasteiger partial charge in [0, 0.05) is 12.3 Å². The molecule has 1 heterocycles. The van der Waals surface area contributed by atoms with Gasteiger partial charge >= 0.3 is 0 Å². The second-order valence-electron chi connectivity index (χ2n) is 5.71. The maximum Gasteiger partial charge on any atom is 0.258 e. The summed E-state index contributed by atoms with van der Waals surface area (Å²) in [5.41, 5.74) is 0.230. The number of thioether (sulfide) groups is 1. The second-order valence-corrected chi connectivity index (χ2v) is 6.80. The summed E-state index contributed by atoms with van der Waals surface area (Å²) in [5.74, 6) is 0.745. The van der Waals surface area contributed by atoms with Crippen LogP contribution in [0.5, 0.6) is 5.88 Å². The summed E-state index contributed by atoms with van der Waals surface area (Å²) in [6.07, 6.45) is 6.22. The van der Waals surface area contributed by atoms with Gasteiger partial charge in [0.1, 0.15) is 0 Å². The quantitative estimate of drug-likeness (QED) is 0.346. The lowest BCUT2D eigenvalue weighted by Crippen LogP contribution is -2.25. The molecule has 1 aromatic heterocycles. The standard InChI is InChI=1S/C17H31N3O2S/c1-4-7-8-9-10-11-14-15(21)18-17(19-16(14)22)23-13-12-20(5-2)6-3/h4-13H2,1-3H3,(H2,18,19,21,22). The van der Waals surface area contributed by atoms with Gasteiger partial charge in [0.2, 0.25) is 5.88 Å². The first-order valence-corrected chi connectivity index (χ1v) is 9.78. The Kier molecular flexibility index (Phi) is 10.0. The Balaban J connectivity index is 2.51. The van der Waals surface area contributed by atoms with E-state index in [2.05, 4.69) is 35.6 Å². The van der Waals surface area contributed by atoms with Crippen LogP contribution in [0.25, 0.3) is 0 Å². The van der Waals surface area contributed by atoms with Crippen molar-refractivity contribution in [1.82, 2.24) is 14.9 Å². The second kappa shape index (κ2) is 11.5. The molecule has 0 bridgehead atoms. The maximum absolute atomic E-state index is 12.1. The maximum atomic E-state index is 12.1. The van der Waals surface area contributed by atoms with E-state index in [0.717, 1.165) is 38.2 Å². The third-order valence-corrected chi connectivity index (χ3v) is 4.90. The zero-order chi connectivity index (χ0) is 17.1. The van der Waals surface area contributed by atoms with E-state index in [4.69, 9.17) is 0 Å². The lowest BCUT2D eigenvalue weighted by atomic mass is 10.1. The van der Waals surface area contributed by atoms with Gasteiger partial charge in [0.05, 0.1) is 5.56 Å². The zero-order valence-corrected chi connectivity index (χ0v) is 15.5. The summed E-state index contributed by atoms with van der Waals surface area (Å²) in [7, 11) is 0. The Morgan fingerprint density at radius 3 is 2.43 bits per heavy atom. The Labute approximate surface area is 143 Å². The molecule has 0 unspecified atom stereocenters. The fourth-order valence-electron chi connectivity index (χ4n) is 2.48. The Morgan fingerprint density at radius 1 is 1.13 bits per heavy atom. The summed E-state index contributed by atoms with van der Waals surface area (Å²) >= 11 is 1.48. The van der Waals surface area contributed by atoms with Crippen molar-refractivity contribution in [3.63, 3.8) is 0 Å². The van der Waals surface area contributed by atoms with Crippen molar-refractivity contribution < 1.29 is 5.11 Å². The molecular formula is C17H31N3O2S. The lowest BCUT2D eigenvalue weighted by molar-refractivity contribution is 0.324. The van der Waals surface area contributed by atoms with E-state index in [9.17, 15) is 9.90 Å². The number of nitrogens with one attached hydrogen (secondary N) is 1. The highest BCUT2D eigenvalue weighted by molar-refractivity contribution is 7.99. The predicted octanol–water partition coefficient (Wildman–Crippen LogP) is 3.42. The van der Waals surface area contributed by atoms with Gasteiger partial charge in [0.15, 0.2) is 5.16 Å². The number of unbranched alkanes of at least 4 members (excludes halogenated alkanes) is 4. The molecule has 23 heavy (non-hydrogen) atoms. The highest BCUT2D eigenvalue weighted by atomic mass is 32.2. The largest absolute Gasteiger partial charge is 0.493 e. The van der Waals surface area contributed by atoms with Crippen molar-refractivity contribution in [3.8, 4) is 5.88 Å². The fraction of sp³-hybridized carbons (Fsp3) is 0.765. The molecule has 1 rings (SSSR count). The predicted molar refractivity (Wildman–Crippen MR) is 97.5 cm³/mol. The molecule has 0 aromatic carbocycles. The van der Waals surface area contributed by atoms with Gasteiger partial charge in [-0.1, -0.05) is 58.2 Å². The van der Waals surface area contributed by atoms with E-state index >= 15 is 0 Å². The van der Waals surface area contributed by atoms with Crippen LogP contribution in [-0.2, 0) is 6.42 Å². The molecule has 0 spiro atoms. The highest BCUT2D eigenvalue weighted by Gasteiger charge is 2.11. The summed E-state index contributed by atoms with van der Waals surface area (Å²) in [6, 6.07) is 0. The van der Waals surface area contributed by atoms with Gasteiger partial charge in [0.25, 0.3) is 5.56 Å². The fourth-order valence-corrected chi connectivity index (χ4v) is 3.33. The summed E-state index contributed by atoms with van der Waals surface area (Å²) < 4.78 is 0. The number of aromatic amines is 1. The van der Waals surface area contributed by atoms with Crippen LogP contribution in [0.1, 0.15) is 58.4 Å². The van der Waals surface area contributed by atoms with Gasteiger partial charge in [-0.25, -0.2) is 0 Å². The number of aromatic nitrogens is 2. The topological polar surface area (TPSA) is 69.2 Å². The van der Waals surface area contributed by atoms with E-state index in [1.807, 2.05) is 0 Å². The molecule has 0 amide bonds. The van der Waals surface area contributed by atoms with Crippen LogP contribution in [0, 0.1) is 0 Å². The molecule has 0 saturated carbocycles. The first kappa shape index (κ1) is 20.0. The minimum Gasteiger partial charge on any atom is -0.493 e. The van der Waals surface area contributed by atoms with Crippen molar-refractivity contribution in [2.45, 2.75) is 64.5 Å². The van der Waals surface area contributed by atoms with Crippen LogP contribution in [0.3, 0.4) is 0 Å². The first-order chi connectivity index (χ1) is 11.1. The normalized spacial score (nSPS) is 11.3. The van der Waals surface area contributed by atoms with Crippen LogP contribution in [0.4, 0.5) is 0 Å². The molecular weight excluding hydrogens is 310 g/mol. The minimum absolute atomic E-state index is 0.102. The summed E-state index contributed by atoms with van der Waals surface area (Å²) in [4.78, 5) is 21.4. The molecule has 0 fully saturated rings. The smallest absolute Gasteiger partial charge is 0.258 e. The molecule has 0 atom stereocenters. The number of nitrogens with zero attached hydrogens (tertiary/aromatic N) is 2. The number of hydrogen-bond acceptors (Lipinski definition) is 5. The van der Waals surface area contributed by atoms with Crippen molar-refractivity contribution in [3.05, 3.63) is 15.9 Å². The number of rotatable bonds is 12. The molecule has 6 heteroatoms. The molecule has 2 N–H and O–H groups in total. The zero-order valence-electron chi connectivity index (χ0n) is 14.7. The molecule has 0 aliphatic heterocycles.